The van der Waals surface area contributed by atoms with E-state index in [4.69, 9.17) is 0 Å². The van der Waals surface area contributed by atoms with Gasteiger partial charge in [-0.15, -0.1) is 0 Å². The first-order chi connectivity index (χ1) is 5.08. The summed E-state index contributed by atoms with van der Waals surface area (Å²) in [5, 5.41) is 10.7. The molecule has 3 N–H and O–H groups in total. The highest BCUT2D eigenvalue weighted by atomic mass is 32.2. The molecule has 0 aliphatic carbocycles. The number of aromatic amines is 1. The van der Waals surface area contributed by atoms with E-state index in [0.29, 0.717) is 5.69 Å². The van der Waals surface area contributed by atoms with Crippen LogP contribution in [-0.4, -0.2) is 18.6 Å². The van der Waals surface area contributed by atoms with Gasteiger partial charge in [0.2, 0.25) is 0 Å². The number of hydrogen-bond acceptors (Lipinski definition) is 4. The molecule has 6 nitrogen and oxygen atoms in total. The molecule has 0 unspecified atom stereocenters. The zero-order valence-electron chi connectivity index (χ0n) is 5.52. The molecule has 62 valence electrons. The predicted octanol–water partition coefficient (Wildman–Crippen LogP) is -0.870. The van der Waals surface area contributed by atoms with E-state index in [1.165, 1.54) is 6.20 Å². The minimum Gasteiger partial charge on any atom is -0.280 e. The third kappa shape index (κ3) is 3.12. The SMILES string of the molecule is NS(=O)(=O)OCc1ccn[nH]1. The Labute approximate surface area is 63.6 Å². The van der Waals surface area contributed by atoms with E-state index >= 15 is 0 Å². The average Bonchev–Trinajstić information content (AvgIpc) is 2.32. The Kier molecular flexibility index (Phi) is 2.22. The lowest BCUT2D eigenvalue weighted by Gasteiger charge is -1.95. The third-order valence-corrected chi connectivity index (χ3v) is 1.38. The highest BCUT2D eigenvalue weighted by molar-refractivity contribution is 7.84. The summed E-state index contributed by atoms with van der Waals surface area (Å²) in [7, 11) is -3.85. The highest BCUT2D eigenvalue weighted by Crippen LogP contribution is 1.95. The summed E-state index contributed by atoms with van der Waals surface area (Å²) < 4.78 is 24.7. The fourth-order valence-corrected chi connectivity index (χ4v) is 0.802. The van der Waals surface area contributed by atoms with Crippen molar-refractivity contribution in [3.63, 3.8) is 0 Å². The molecule has 1 rings (SSSR count). The summed E-state index contributed by atoms with van der Waals surface area (Å²) in [6, 6.07) is 1.59. The lowest BCUT2D eigenvalue weighted by atomic mass is 10.5. The lowest BCUT2D eigenvalue weighted by molar-refractivity contribution is 0.304. The fourth-order valence-electron chi connectivity index (χ4n) is 0.511. The zero-order chi connectivity index (χ0) is 8.32. The van der Waals surface area contributed by atoms with Crippen LogP contribution in [0.2, 0.25) is 0 Å². The van der Waals surface area contributed by atoms with E-state index in [9.17, 15) is 8.42 Å². The second-order valence-electron chi connectivity index (χ2n) is 1.84. The van der Waals surface area contributed by atoms with Crippen LogP contribution in [0.5, 0.6) is 0 Å². The van der Waals surface area contributed by atoms with E-state index in [1.807, 2.05) is 0 Å². The second kappa shape index (κ2) is 2.99. The second-order valence-corrected chi connectivity index (χ2v) is 3.06. The summed E-state index contributed by atoms with van der Waals surface area (Å²) in [5.74, 6) is 0. The smallest absolute Gasteiger partial charge is 0.280 e. The molecule has 0 radical (unpaired) electrons. The van der Waals surface area contributed by atoms with Crippen LogP contribution in [0.25, 0.3) is 0 Å². The summed E-state index contributed by atoms with van der Waals surface area (Å²) in [6.45, 7) is -0.112. The molecule has 0 aliphatic heterocycles. The number of nitrogens with zero attached hydrogens (tertiary/aromatic N) is 1. The largest absolute Gasteiger partial charge is 0.333 e. The van der Waals surface area contributed by atoms with Crippen LogP contribution in [0.1, 0.15) is 5.69 Å². The van der Waals surface area contributed by atoms with Gasteiger partial charge in [0.1, 0.15) is 6.61 Å². The van der Waals surface area contributed by atoms with Crippen LogP contribution in [-0.2, 0) is 21.1 Å². The monoisotopic (exact) mass is 177 g/mol. The number of rotatable bonds is 3. The Bertz CT molecular complexity index is 303. The number of nitrogens with two attached hydrogens (primary N) is 1. The Balaban J connectivity index is 2.48. The molecule has 11 heavy (non-hydrogen) atoms. The van der Waals surface area contributed by atoms with Crippen LogP contribution in [0.4, 0.5) is 0 Å². The lowest BCUT2D eigenvalue weighted by Crippen LogP contribution is -2.15. The maximum absolute atomic E-state index is 10.2. The molecule has 0 fully saturated rings. The van der Waals surface area contributed by atoms with Crippen molar-refractivity contribution in [2.45, 2.75) is 6.61 Å². The van der Waals surface area contributed by atoms with Crippen molar-refractivity contribution in [2.24, 2.45) is 5.14 Å². The van der Waals surface area contributed by atoms with Crippen molar-refractivity contribution < 1.29 is 12.6 Å². The molecule has 7 heteroatoms. The van der Waals surface area contributed by atoms with Gasteiger partial charge in [-0.1, -0.05) is 0 Å². The maximum Gasteiger partial charge on any atom is 0.333 e. The Morgan fingerprint density at radius 1 is 1.73 bits per heavy atom. The normalized spacial score (nSPS) is 11.7. The van der Waals surface area contributed by atoms with Gasteiger partial charge in [-0.05, 0) is 6.07 Å². The molecule has 0 aliphatic rings. The molecule has 0 spiro atoms. The molecule has 0 saturated heterocycles. The van der Waals surface area contributed by atoms with E-state index in [2.05, 4.69) is 19.5 Å². The first-order valence-electron chi connectivity index (χ1n) is 2.73. The van der Waals surface area contributed by atoms with Crippen molar-refractivity contribution in [2.75, 3.05) is 0 Å². The number of aromatic nitrogens is 2. The Morgan fingerprint density at radius 2 is 2.45 bits per heavy atom. The van der Waals surface area contributed by atoms with Crippen LogP contribution in [0, 0.1) is 0 Å². The predicted molar refractivity (Wildman–Crippen MR) is 36.5 cm³/mol. The van der Waals surface area contributed by atoms with Gasteiger partial charge in [-0.2, -0.15) is 13.5 Å². The van der Waals surface area contributed by atoms with Gasteiger partial charge in [-0.25, -0.2) is 5.14 Å². The molecule has 1 aromatic rings. The van der Waals surface area contributed by atoms with Gasteiger partial charge in [0.05, 0.1) is 5.69 Å². The van der Waals surface area contributed by atoms with Gasteiger partial charge in [-0.3, -0.25) is 9.28 Å². The molecule has 0 amide bonds. The minimum atomic E-state index is -3.85. The van der Waals surface area contributed by atoms with Crippen molar-refractivity contribution in [3.8, 4) is 0 Å². The van der Waals surface area contributed by atoms with Crippen LogP contribution >= 0.6 is 0 Å². The molecule has 1 aromatic heterocycles. The first-order valence-corrected chi connectivity index (χ1v) is 4.20. The van der Waals surface area contributed by atoms with Gasteiger partial charge >= 0.3 is 10.3 Å². The van der Waals surface area contributed by atoms with E-state index < -0.39 is 10.3 Å². The topological polar surface area (TPSA) is 98.1 Å². The van der Waals surface area contributed by atoms with Crippen LogP contribution in [0.15, 0.2) is 12.3 Å². The molecule has 1 heterocycles. The third-order valence-electron chi connectivity index (χ3n) is 0.937. The van der Waals surface area contributed by atoms with Crippen molar-refractivity contribution in [3.05, 3.63) is 18.0 Å². The van der Waals surface area contributed by atoms with Crippen molar-refractivity contribution in [1.29, 1.82) is 0 Å². The van der Waals surface area contributed by atoms with E-state index in [1.54, 1.807) is 6.07 Å². The summed E-state index contributed by atoms with van der Waals surface area (Å²) >= 11 is 0. The number of H-pyrrole nitrogens is 1. The number of hydrogen-bond donors (Lipinski definition) is 2. The van der Waals surface area contributed by atoms with Gasteiger partial charge in [0.25, 0.3) is 0 Å². The van der Waals surface area contributed by atoms with Crippen LogP contribution < -0.4 is 5.14 Å². The fraction of sp³-hybridized carbons (Fsp3) is 0.250. The number of nitrogens with one attached hydrogen (secondary N) is 1. The van der Waals surface area contributed by atoms with Crippen LogP contribution in [0.3, 0.4) is 0 Å². The van der Waals surface area contributed by atoms with Crippen molar-refractivity contribution in [1.82, 2.24) is 10.2 Å². The molecular weight excluding hydrogens is 170 g/mol. The Hall–Kier alpha value is -0.920. The summed E-state index contributed by atoms with van der Waals surface area (Å²) in [5.41, 5.74) is 0.555. The summed E-state index contributed by atoms with van der Waals surface area (Å²) in [4.78, 5) is 0. The molecule has 0 saturated carbocycles. The van der Waals surface area contributed by atoms with Gasteiger partial charge in [0, 0.05) is 6.20 Å². The molecule has 0 atom stereocenters. The van der Waals surface area contributed by atoms with Gasteiger partial charge in [0.15, 0.2) is 0 Å². The Morgan fingerprint density at radius 3 is 2.91 bits per heavy atom. The quantitative estimate of drug-likeness (QED) is 0.627. The van der Waals surface area contributed by atoms with E-state index in [-0.39, 0.29) is 6.61 Å². The molecule has 0 aromatic carbocycles. The first kappa shape index (κ1) is 8.18. The standard InChI is InChI=1S/C4H7N3O3S/c5-11(8,9)10-3-4-1-2-6-7-4/h1-2H,3H2,(H,6,7)(H2,5,8,9). The minimum absolute atomic E-state index is 0.112. The van der Waals surface area contributed by atoms with Crippen molar-refractivity contribution >= 4 is 10.3 Å². The summed E-state index contributed by atoms with van der Waals surface area (Å²) in [6.07, 6.45) is 1.49. The molecule has 0 bridgehead atoms. The highest BCUT2D eigenvalue weighted by Gasteiger charge is 2.02. The zero-order valence-corrected chi connectivity index (χ0v) is 6.34. The average molecular weight is 177 g/mol. The van der Waals surface area contributed by atoms with E-state index in [0.717, 1.165) is 0 Å². The maximum atomic E-state index is 10.2. The molecular formula is C4H7N3O3S. The van der Waals surface area contributed by atoms with Gasteiger partial charge < -0.3 is 0 Å².